The maximum atomic E-state index is 12.6. The van der Waals surface area contributed by atoms with Crippen LogP contribution < -0.4 is 14.2 Å². The predicted octanol–water partition coefficient (Wildman–Crippen LogP) is 5.20. The molecule has 4 nitrogen and oxygen atoms in total. The van der Waals surface area contributed by atoms with E-state index < -0.39 is 0 Å². The zero-order chi connectivity index (χ0) is 19.5. The van der Waals surface area contributed by atoms with Crippen molar-refractivity contribution in [2.75, 3.05) is 7.11 Å². The minimum absolute atomic E-state index is 0.129. The lowest BCUT2D eigenvalue weighted by Gasteiger charge is -2.07. The molecule has 4 heteroatoms. The molecule has 0 aromatic heterocycles. The van der Waals surface area contributed by atoms with E-state index in [1.807, 2.05) is 36.4 Å². The van der Waals surface area contributed by atoms with Crippen molar-refractivity contribution in [1.29, 1.82) is 0 Å². The van der Waals surface area contributed by atoms with Crippen molar-refractivity contribution in [3.63, 3.8) is 0 Å². The van der Waals surface area contributed by atoms with E-state index in [0.29, 0.717) is 29.4 Å². The Hall–Kier alpha value is -3.53. The average Bonchev–Trinajstić information content (AvgIpc) is 3.03. The van der Waals surface area contributed by atoms with Crippen molar-refractivity contribution < 1.29 is 19.0 Å². The first-order chi connectivity index (χ1) is 13.6. The summed E-state index contributed by atoms with van der Waals surface area (Å²) in [5.41, 5.74) is 3.71. The molecule has 0 aliphatic carbocycles. The molecule has 1 aliphatic rings. The molecule has 0 spiro atoms. The average molecular weight is 372 g/mol. The van der Waals surface area contributed by atoms with E-state index in [4.69, 9.17) is 14.2 Å². The molecular formula is C24H20O4. The standard InChI is InChI=1S/C24H20O4/c1-16-3-5-18(6-4-16)15-27-20-11-12-21-22(14-20)28-23(24(21)25)13-17-7-9-19(26-2)10-8-17/h3-14H,15H2,1-2H3/b23-13-. The molecule has 0 amide bonds. The highest BCUT2D eigenvalue weighted by molar-refractivity contribution is 6.14. The van der Waals surface area contributed by atoms with Gasteiger partial charge in [-0.3, -0.25) is 4.79 Å². The Kier molecular flexibility index (Phi) is 4.85. The van der Waals surface area contributed by atoms with Gasteiger partial charge in [0.2, 0.25) is 5.78 Å². The van der Waals surface area contributed by atoms with Crippen LogP contribution in [0.25, 0.3) is 6.08 Å². The Morgan fingerprint density at radius 3 is 2.36 bits per heavy atom. The number of hydrogen-bond acceptors (Lipinski definition) is 4. The fourth-order valence-electron chi connectivity index (χ4n) is 2.96. The predicted molar refractivity (Wildman–Crippen MR) is 108 cm³/mol. The number of Topliss-reactive ketones (excluding diaryl/α,β-unsaturated/α-hetero) is 1. The lowest BCUT2D eigenvalue weighted by molar-refractivity contribution is 0.101. The Balaban J connectivity index is 1.49. The molecule has 0 fully saturated rings. The van der Waals surface area contributed by atoms with Gasteiger partial charge in [-0.25, -0.2) is 0 Å². The summed E-state index contributed by atoms with van der Waals surface area (Å²) in [4.78, 5) is 12.6. The fourth-order valence-corrected chi connectivity index (χ4v) is 2.96. The first-order valence-corrected chi connectivity index (χ1v) is 9.03. The third kappa shape index (κ3) is 3.76. The summed E-state index contributed by atoms with van der Waals surface area (Å²) in [6.45, 7) is 2.51. The summed E-state index contributed by atoms with van der Waals surface area (Å²) < 4.78 is 16.8. The van der Waals surface area contributed by atoms with E-state index in [-0.39, 0.29) is 5.78 Å². The number of allylic oxidation sites excluding steroid dienone is 1. The summed E-state index contributed by atoms with van der Waals surface area (Å²) >= 11 is 0. The molecule has 4 rings (SSSR count). The first-order valence-electron chi connectivity index (χ1n) is 9.03. The topological polar surface area (TPSA) is 44.8 Å². The van der Waals surface area contributed by atoms with Crippen molar-refractivity contribution >= 4 is 11.9 Å². The highest BCUT2D eigenvalue weighted by atomic mass is 16.5. The van der Waals surface area contributed by atoms with Crippen LogP contribution in [0, 0.1) is 6.92 Å². The van der Waals surface area contributed by atoms with Gasteiger partial charge < -0.3 is 14.2 Å². The van der Waals surface area contributed by atoms with E-state index in [9.17, 15) is 4.79 Å². The Morgan fingerprint density at radius 1 is 0.929 bits per heavy atom. The molecule has 0 bridgehead atoms. The molecule has 1 aliphatic heterocycles. The van der Waals surface area contributed by atoms with E-state index in [0.717, 1.165) is 16.9 Å². The molecule has 1 heterocycles. The van der Waals surface area contributed by atoms with Gasteiger partial charge in [0, 0.05) is 6.07 Å². The van der Waals surface area contributed by atoms with Gasteiger partial charge in [-0.2, -0.15) is 0 Å². The zero-order valence-corrected chi connectivity index (χ0v) is 15.8. The number of rotatable bonds is 5. The highest BCUT2D eigenvalue weighted by Crippen LogP contribution is 2.35. The number of methoxy groups -OCH3 is 1. The van der Waals surface area contributed by atoms with E-state index in [1.54, 1.807) is 31.4 Å². The van der Waals surface area contributed by atoms with E-state index >= 15 is 0 Å². The van der Waals surface area contributed by atoms with Gasteiger partial charge in [0.1, 0.15) is 23.9 Å². The molecule has 0 atom stereocenters. The number of carbonyl (C=O) groups excluding carboxylic acids is 1. The summed E-state index contributed by atoms with van der Waals surface area (Å²) in [5, 5.41) is 0. The first kappa shape index (κ1) is 17.9. The second-order valence-corrected chi connectivity index (χ2v) is 6.65. The lowest BCUT2D eigenvalue weighted by Crippen LogP contribution is -1.98. The molecule has 0 unspecified atom stereocenters. The van der Waals surface area contributed by atoms with Crippen LogP contribution in [0.4, 0.5) is 0 Å². The van der Waals surface area contributed by atoms with Gasteiger partial charge in [0.15, 0.2) is 5.76 Å². The molecule has 0 saturated heterocycles. The molecule has 0 saturated carbocycles. The summed E-state index contributed by atoms with van der Waals surface area (Å²) in [5.74, 6) is 2.12. The third-order valence-electron chi connectivity index (χ3n) is 4.58. The van der Waals surface area contributed by atoms with Crippen molar-refractivity contribution in [1.82, 2.24) is 0 Å². The molecular weight excluding hydrogens is 352 g/mol. The van der Waals surface area contributed by atoms with Gasteiger partial charge in [0.25, 0.3) is 0 Å². The molecule has 28 heavy (non-hydrogen) atoms. The van der Waals surface area contributed by atoms with Crippen molar-refractivity contribution in [3.8, 4) is 17.2 Å². The van der Waals surface area contributed by atoms with E-state index in [2.05, 4.69) is 19.1 Å². The van der Waals surface area contributed by atoms with Crippen LogP contribution in [0.5, 0.6) is 17.2 Å². The lowest BCUT2D eigenvalue weighted by atomic mass is 10.1. The molecule has 3 aromatic carbocycles. The number of hydrogen-bond donors (Lipinski definition) is 0. The largest absolute Gasteiger partial charge is 0.497 e. The quantitative estimate of drug-likeness (QED) is 0.578. The normalized spacial score (nSPS) is 13.9. The van der Waals surface area contributed by atoms with Crippen LogP contribution in [0.1, 0.15) is 27.0 Å². The molecule has 140 valence electrons. The molecule has 0 N–H and O–H groups in total. The number of ether oxygens (including phenoxy) is 3. The second kappa shape index (κ2) is 7.61. The molecule has 3 aromatic rings. The van der Waals surface area contributed by atoms with Gasteiger partial charge in [-0.15, -0.1) is 0 Å². The Bertz CT molecular complexity index is 1030. The number of carbonyl (C=O) groups is 1. The summed E-state index contributed by atoms with van der Waals surface area (Å²) in [6, 6.07) is 20.9. The maximum Gasteiger partial charge on any atom is 0.231 e. The highest BCUT2D eigenvalue weighted by Gasteiger charge is 2.27. The van der Waals surface area contributed by atoms with E-state index in [1.165, 1.54) is 5.56 Å². The van der Waals surface area contributed by atoms with Gasteiger partial charge in [-0.1, -0.05) is 42.0 Å². The van der Waals surface area contributed by atoms with Crippen LogP contribution in [-0.2, 0) is 6.61 Å². The Morgan fingerprint density at radius 2 is 1.64 bits per heavy atom. The third-order valence-corrected chi connectivity index (χ3v) is 4.58. The summed E-state index contributed by atoms with van der Waals surface area (Å²) in [6.07, 6.45) is 1.73. The van der Waals surface area contributed by atoms with Crippen LogP contribution in [0.15, 0.2) is 72.5 Å². The van der Waals surface area contributed by atoms with Crippen LogP contribution in [0.2, 0.25) is 0 Å². The number of fused-ring (bicyclic) bond motifs is 1. The van der Waals surface area contributed by atoms with Gasteiger partial charge in [-0.05, 0) is 48.4 Å². The van der Waals surface area contributed by atoms with Crippen molar-refractivity contribution in [2.45, 2.75) is 13.5 Å². The minimum atomic E-state index is -0.129. The van der Waals surface area contributed by atoms with Crippen molar-refractivity contribution in [3.05, 3.63) is 94.7 Å². The molecule has 0 radical (unpaired) electrons. The van der Waals surface area contributed by atoms with Gasteiger partial charge in [0.05, 0.1) is 12.7 Å². The minimum Gasteiger partial charge on any atom is -0.497 e. The number of benzene rings is 3. The van der Waals surface area contributed by atoms with Gasteiger partial charge >= 0.3 is 0 Å². The monoisotopic (exact) mass is 372 g/mol. The van der Waals surface area contributed by atoms with Crippen LogP contribution in [-0.4, -0.2) is 12.9 Å². The van der Waals surface area contributed by atoms with Crippen LogP contribution >= 0.6 is 0 Å². The fraction of sp³-hybridized carbons (Fsp3) is 0.125. The second-order valence-electron chi connectivity index (χ2n) is 6.65. The maximum absolute atomic E-state index is 12.6. The van der Waals surface area contributed by atoms with Crippen molar-refractivity contribution in [2.24, 2.45) is 0 Å². The summed E-state index contributed by atoms with van der Waals surface area (Å²) in [7, 11) is 1.62. The Labute approximate surface area is 164 Å². The van der Waals surface area contributed by atoms with Crippen LogP contribution in [0.3, 0.4) is 0 Å². The smallest absolute Gasteiger partial charge is 0.231 e. The number of aryl methyl sites for hydroxylation is 1. The SMILES string of the molecule is COc1ccc(/C=C2\Oc3cc(OCc4ccc(C)cc4)ccc3C2=O)cc1. The number of ketones is 1. The zero-order valence-electron chi connectivity index (χ0n) is 15.8.